The Morgan fingerprint density at radius 2 is 1.76 bits per heavy atom. The monoisotopic (exact) mass is 288 g/mol. The third-order valence-corrected chi connectivity index (χ3v) is 3.64. The van der Waals surface area contributed by atoms with Gasteiger partial charge in [-0.2, -0.15) is 0 Å². The van der Waals surface area contributed by atoms with E-state index in [0.29, 0.717) is 5.56 Å². The number of carbonyl (C=O) groups is 3. The number of amides is 2. The molecule has 2 amide bonds. The van der Waals surface area contributed by atoms with Crippen molar-refractivity contribution in [2.24, 2.45) is 0 Å². The van der Waals surface area contributed by atoms with Gasteiger partial charge in [0.1, 0.15) is 0 Å². The van der Waals surface area contributed by atoms with E-state index in [9.17, 15) is 19.5 Å². The molecule has 2 aliphatic heterocycles. The molecular formula is C14H12N2O5. The lowest BCUT2D eigenvalue weighted by atomic mass is 9.92. The fourth-order valence-electron chi connectivity index (χ4n) is 2.43. The summed E-state index contributed by atoms with van der Waals surface area (Å²) in [7, 11) is 0. The molecule has 0 aliphatic carbocycles. The summed E-state index contributed by atoms with van der Waals surface area (Å²) in [6, 6.07) is 3.14. The second-order valence-electron chi connectivity index (χ2n) is 4.98. The fraction of sp³-hybridized carbons (Fsp3) is 0.286. The third kappa shape index (κ3) is 1.81. The van der Waals surface area contributed by atoms with Crippen molar-refractivity contribution in [1.29, 1.82) is 0 Å². The lowest BCUT2D eigenvalue weighted by molar-refractivity contribution is -0.144. The van der Waals surface area contributed by atoms with Gasteiger partial charge in [0.05, 0.1) is 0 Å². The standard InChI is InChI=1S/C14H12N2O5/c1-14(8-4-6-15-7-5-8)12(20)11(19)13(21-14)16-9(17)2-3-10(16)18/h4-7,19H,2-3H2,1H3. The molecule has 3 heterocycles. The second-order valence-corrected chi connectivity index (χ2v) is 4.98. The summed E-state index contributed by atoms with van der Waals surface area (Å²) in [6.07, 6.45) is 3.05. The number of imide groups is 1. The number of aliphatic hydroxyl groups is 1. The summed E-state index contributed by atoms with van der Waals surface area (Å²) in [6.45, 7) is 1.47. The molecule has 1 aromatic rings. The van der Waals surface area contributed by atoms with Gasteiger partial charge in [0, 0.05) is 30.8 Å². The van der Waals surface area contributed by atoms with E-state index in [0.717, 1.165) is 4.90 Å². The first-order valence-corrected chi connectivity index (χ1v) is 6.38. The quantitative estimate of drug-likeness (QED) is 0.807. The Kier molecular flexibility index (Phi) is 2.79. The maximum absolute atomic E-state index is 12.3. The third-order valence-electron chi connectivity index (χ3n) is 3.64. The van der Waals surface area contributed by atoms with Gasteiger partial charge in [-0.1, -0.05) is 0 Å². The van der Waals surface area contributed by atoms with Gasteiger partial charge in [-0.25, -0.2) is 4.90 Å². The Morgan fingerprint density at radius 1 is 1.19 bits per heavy atom. The molecule has 0 bridgehead atoms. The highest BCUT2D eigenvalue weighted by Gasteiger charge is 2.52. The van der Waals surface area contributed by atoms with Crippen LogP contribution in [-0.2, 0) is 24.7 Å². The molecule has 21 heavy (non-hydrogen) atoms. The predicted octanol–water partition coefficient (Wildman–Crippen LogP) is 0.772. The van der Waals surface area contributed by atoms with Crippen molar-refractivity contribution in [2.45, 2.75) is 25.4 Å². The molecular weight excluding hydrogens is 276 g/mol. The fourth-order valence-corrected chi connectivity index (χ4v) is 2.43. The lowest BCUT2D eigenvalue weighted by Gasteiger charge is -2.25. The number of aliphatic hydroxyl groups excluding tert-OH is 1. The summed E-state index contributed by atoms with van der Waals surface area (Å²) in [5, 5.41) is 9.99. The van der Waals surface area contributed by atoms with E-state index in [1.807, 2.05) is 0 Å². The Bertz CT molecular complexity index is 666. The zero-order chi connectivity index (χ0) is 15.2. The summed E-state index contributed by atoms with van der Waals surface area (Å²) in [5.74, 6) is -2.78. The van der Waals surface area contributed by atoms with E-state index in [4.69, 9.17) is 4.74 Å². The molecule has 1 fully saturated rings. The first kappa shape index (κ1) is 13.3. The van der Waals surface area contributed by atoms with Crippen molar-refractivity contribution in [3.63, 3.8) is 0 Å². The number of hydrogen-bond acceptors (Lipinski definition) is 6. The lowest BCUT2D eigenvalue weighted by Crippen LogP contribution is -2.33. The highest BCUT2D eigenvalue weighted by atomic mass is 16.5. The van der Waals surface area contributed by atoms with Crippen molar-refractivity contribution in [3.05, 3.63) is 41.7 Å². The minimum atomic E-state index is -1.48. The molecule has 2 aliphatic rings. The number of nitrogens with zero attached hydrogens (tertiary/aromatic N) is 2. The molecule has 3 rings (SSSR count). The van der Waals surface area contributed by atoms with Gasteiger partial charge in [-0.05, 0) is 19.1 Å². The van der Waals surface area contributed by atoms with Crippen molar-refractivity contribution < 1.29 is 24.2 Å². The topological polar surface area (TPSA) is 96.8 Å². The molecule has 1 N–H and O–H groups in total. The van der Waals surface area contributed by atoms with Gasteiger partial charge in [0.15, 0.2) is 5.60 Å². The van der Waals surface area contributed by atoms with Crippen LogP contribution in [-0.4, -0.2) is 32.6 Å². The number of rotatable bonds is 2. The van der Waals surface area contributed by atoms with Gasteiger partial charge in [0.2, 0.25) is 17.6 Å². The molecule has 0 aromatic carbocycles. The minimum absolute atomic E-state index is 0.0408. The van der Waals surface area contributed by atoms with Crippen LogP contribution >= 0.6 is 0 Å². The van der Waals surface area contributed by atoms with Crippen LogP contribution in [0.5, 0.6) is 0 Å². The SMILES string of the molecule is CC1(c2ccncc2)OC(N2C(=O)CCC2=O)=C(O)C1=O. The Hall–Kier alpha value is -2.70. The molecule has 7 heteroatoms. The van der Waals surface area contributed by atoms with Crippen LogP contribution in [0.15, 0.2) is 36.2 Å². The predicted molar refractivity (Wildman–Crippen MR) is 68.4 cm³/mol. The second kappa shape index (κ2) is 4.41. The van der Waals surface area contributed by atoms with E-state index in [-0.39, 0.29) is 18.7 Å². The van der Waals surface area contributed by atoms with E-state index in [1.54, 1.807) is 12.1 Å². The van der Waals surface area contributed by atoms with Crippen LogP contribution in [0.4, 0.5) is 0 Å². The van der Waals surface area contributed by atoms with E-state index in [1.165, 1.54) is 19.3 Å². The number of aromatic nitrogens is 1. The Labute approximate surface area is 119 Å². The van der Waals surface area contributed by atoms with Gasteiger partial charge in [-0.3, -0.25) is 19.4 Å². The number of ether oxygens (including phenoxy) is 1. The van der Waals surface area contributed by atoms with Gasteiger partial charge in [-0.15, -0.1) is 0 Å². The zero-order valence-electron chi connectivity index (χ0n) is 11.2. The summed E-state index contributed by atoms with van der Waals surface area (Å²) < 4.78 is 5.52. The number of likely N-dealkylation sites (tertiary alicyclic amines) is 1. The number of hydrogen-bond donors (Lipinski definition) is 1. The largest absolute Gasteiger partial charge is 0.501 e. The molecule has 0 saturated carbocycles. The molecule has 0 spiro atoms. The molecule has 108 valence electrons. The number of ketones is 1. The number of Topliss-reactive ketones (excluding diaryl/α,β-unsaturated/α-hetero) is 1. The average Bonchev–Trinajstić information content (AvgIpc) is 2.93. The normalized spacial score (nSPS) is 25.8. The Balaban J connectivity index is 2.01. The first-order chi connectivity index (χ1) is 9.95. The first-order valence-electron chi connectivity index (χ1n) is 6.38. The van der Waals surface area contributed by atoms with Crippen LogP contribution in [0.3, 0.4) is 0 Å². The van der Waals surface area contributed by atoms with Crippen LogP contribution in [0, 0.1) is 0 Å². The van der Waals surface area contributed by atoms with E-state index < -0.39 is 29.0 Å². The van der Waals surface area contributed by atoms with Crippen LogP contribution in [0.1, 0.15) is 25.3 Å². The van der Waals surface area contributed by atoms with Crippen LogP contribution in [0.25, 0.3) is 0 Å². The number of pyridine rings is 1. The zero-order valence-corrected chi connectivity index (χ0v) is 11.2. The highest BCUT2D eigenvalue weighted by molar-refractivity contribution is 6.08. The van der Waals surface area contributed by atoms with Crippen molar-refractivity contribution >= 4 is 17.6 Å². The highest BCUT2D eigenvalue weighted by Crippen LogP contribution is 2.40. The van der Waals surface area contributed by atoms with Gasteiger partial charge < -0.3 is 9.84 Å². The minimum Gasteiger partial charge on any atom is -0.501 e. The molecule has 1 aromatic heterocycles. The molecule has 7 nitrogen and oxygen atoms in total. The number of carbonyl (C=O) groups excluding carboxylic acids is 3. The van der Waals surface area contributed by atoms with E-state index >= 15 is 0 Å². The van der Waals surface area contributed by atoms with Crippen molar-refractivity contribution in [3.8, 4) is 0 Å². The summed E-state index contributed by atoms with van der Waals surface area (Å²) in [4.78, 5) is 40.4. The van der Waals surface area contributed by atoms with Crippen molar-refractivity contribution in [1.82, 2.24) is 9.88 Å². The van der Waals surface area contributed by atoms with Gasteiger partial charge >= 0.3 is 0 Å². The molecule has 1 atom stereocenters. The molecule has 1 unspecified atom stereocenters. The molecule has 0 radical (unpaired) electrons. The summed E-state index contributed by atoms with van der Waals surface area (Å²) >= 11 is 0. The van der Waals surface area contributed by atoms with Crippen LogP contribution in [0.2, 0.25) is 0 Å². The average molecular weight is 288 g/mol. The van der Waals surface area contributed by atoms with Gasteiger partial charge in [0.25, 0.3) is 11.7 Å². The Morgan fingerprint density at radius 3 is 2.33 bits per heavy atom. The van der Waals surface area contributed by atoms with Crippen LogP contribution < -0.4 is 0 Å². The summed E-state index contributed by atoms with van der Waals surface area (Å²) in [5.41, 5.74) is -1.01. The smallest absolute Gasteiger partial charge is 0.252 e. The maximum Gasteiger partial charge on any atom is 0.252 e. The maximum atomic E-state index is 12.3. The van der Waals surface area contributed by atoms with Crippen molar-refractivity contribution in [2.75, 3.05) is 0 Å². The molecule has 1 saturated heterocycles. The van der Waals surface area contributed by atoms with E-state index in [2.05, 4.69) is 4.98 Å².